The van der Waals surface area contributed by atoms with Gasteiger partial charge in [0.1, 0.15) is 0 Å². The molecular formula is C11H13N3O5. The molecule has 1 aromatic heterocycles. The number of nitrogens with zero attached hydrogens (tertiary/aromatic N) is 3. The van der Waals surface area contributed by atoms with Gasteiger partial charge in [-0.1, -0.05) is 0 Å². The van der Waals surface area contributed by atoms with Gasteiger partial charge >= 0.3 is 11.7 Å². The molecule has 8 nitrogen and oxygen atoms in total. The molecule has 1 fully saturated rings. The third-order valence-electron chi connectivity index (χ3n) is 2.80. The Morgan fingerprint density at radius 3 is 3.16 bits per heavy atom. The zero-order chi connectivity index (χ0) is 13.8. The largest absolute Gasteiger partial charge is 0.481 e. The average Bonchev–Trinajstić information content (AvgIpc) is 2.38. The summed E-state index contributed by atoms with van der Waals surface area (Å²) < 4.78 is 5.32. The average molecular weight is 267 g/mol. The summed E-state index contributed by atoms with van der Waals surface area (Å²) in [7, 11) is 0. The van der Waals surface area contributed by atoms with Crippen molar-refractivity contribution in [3.63, 3.8) is 0 Å². The Labute approximate surface area is 108 Å². The summed E-state index contributed by atoms with van der Waals surface area (Å²) in [4.78, 5) is 26.8. The van der Waals surface area contributed by atoms with E-state index in [1.54, 1.807) is 4.90 Å². The number of aliphatic carboxylic acids is 1. The van der Waals surface area contributed by atoms with Gasteiger partial charge in [0.25, 0.3) is 0 Å². The van der Waals surface area contributed by atoms with Crippen molar-refractivity contribution in [3.8, 4) is 0 Å². The molecule has 1 unspecified atom stereocenters. The van der Waals surface area contributed by atoms with Crippen LogP contribution in [0.3, 0.4) is 0 Å². The minimum atomic E-state index is -0.956. The summed E-state index contributed by atoms with van der Waals surface area (Å²) in [5.41, 5.74) is -0.0847. The van der Waals surface area contributed by atoms with Crippen LogP contribution in [0.2, 0.25) is 0 Å². The number of hydrogen-bond donors (Lipinski definition) is 1. The molecule has 1 saturated heterocycles. The number of anilines is 1. The molecule has 0 spiro atoms. The number of hydrogen-bond acceptors (Lipinski definition) is 6. The van der Waals surface area contributed by atoms with Crippen LogP contribution in [0.5, 0.6) is 0 Å². The predicted molar refractivity (Wildman–Crippen MR) is 65.1 cm³/mol. The second kappa shape index (κ2) is 5.61. The molecule has 0 amide bonds. The first-order valence-corrected chi connectivity index (χ1v) is 5.75. The van der Waals surface area contributed by atoms with E-state index in [2.05, 4.69) is 4.98 Å². The first-order valence-electron chi connectivity index (χ1n) is 5.75. The summed E-state index contributed by atoms with van der Waals surface area (Å²) in [5, 5.41) is 19.7. The molecule has 1 atom stereocenters. The van der Waals surface area contributed by atoms with Crippen LogP contribution in [-0.2, 0) is 9.53 Å². The van der Waals surface area contributed by atoms with Gasteiger partial charge in [-0.3, -0.25) is 14.9 Å². The summed E-state index contributed by atoms with van der Waals surface area (Å²) in [6.45, 7) is 1.06. The van der Waals surface area contributed by atoms with Crippen LogP contribution >= 0.6 is 0 Å². The molecule has 2 heterocycles. The summed E-state index contributed by atoms with van der Waals surface area (Å²) in [6.07, 6.45) is 0.870. The van der Waals surface area contributed by atoms with E-state index >= 15 is 0 Å². The first kappa shape index (κ1) is 13.2. The van der Waals surface area contributed by atoms with Gasteiger partial charge in [0.2, 0.25) is 5.82 Å². The van der Waals surface area contributed by atoms with Gasteiger partial charge in [0.05, 0.1) is 24.1 Å². The number of carboxylic acid groups (broad SMARTS) is 1. The van der Waals surface area contributed by atoms with E-state index in [9.17, 15) is 14.9 Å². The van der Waals surface area contributed by atoms with Crippen LogP contribution in [0.1, 0.15) is 6.42 Å². The Bertz CT molecular complexity index is 493. The first-order chi connectivity index (χ1) is 9.08. The lowest BCUT2D eigenvalue weighted by atomic mass is 10.2. The van der Waals surface area contributed by atoms with E-state index in [1.165, 1.54) is 18.3 Å². The van der Waals surface area contributed by atoms with Crippen molar-refractivity contribution < 1.29 is 19.6 Å². The van der Waals surface area contributed by atoms with E-state index < -0.39 is 17.0 Å². The molecule has 102 valence electrons. The lowest BCUT2D eigenvalue weighted by Crippen LogP contribution is -2.44. The maximum Gasteiger partial charge on any atom is 0.311 e. The third kappa shape index (κ3) is 3.16. The maximum atomic E-state index is 10.9. The third-order valence-corrected chi connectivity index (χ3v) is 2.80. The van der Waals surface area contributed by atoms with Crippen molar-refractivity contribution >= 4 is 17.5 Å². The fourth-order valence-electron chi connectivity index (χ4n) is 2.00. The molecule has 0 radical (unpaired) electrons. The van der Waals surface area contributed by atoms with Crippen LogP contribution in [0.25, 0.3) is 0 Å². The quantitative estimate of drug-likeness (QED) is 0.631. The number of aromatic nitrogens is 1. The standard InChI is InChI=1S/C11H13N3O5/c15-10(16)6-8-7-13(4-5-19-8)11-9(14(17)18)2-1-3-12-11/h1-3,8H,4-7H2,(H,15,16). The minimum absolute atomic E-state index is 0.0847. The summed E-state index contributed by atoms with van der Waals surface area (Å²) in [6, 6.07) is 2.88. The van der Waals surface area contributed by atoms with Crippen LogP contribution in [0.15, 0.2) is 18.3 Å². The molecule has 2 rings (SSSR count). The molecule has 19 heavy (non-hydrogen) atoms. The van der Waals surface area contributed by atoms with Crippen molar-refractivity contribution in [1.29, 1.82) is 0 Å². The number of nitro groups is 1. The van der Waals surface area contributed by atoms with Crippen LogP contribution in [0, 0.1) is 10.1 Å². The van der Waals surface area contributed by atoms with Crippen molar-refractivity contribution in [1.82, 2.24) is 4.98 Å². The number of rotatable bonds is 4. The molecule has 8 heteroatoms. The van der Waals surface area contributed by atoms with Gasteiger partial charge in [0.15, 0.2) is 0 Å². The van der Waals surface area contributed by atoms with Crippen LogP contribution in [0.4, 0.5) is 11.5 Å². The molecule has 0 aliphatic carbocycles. The molecule has 0 saturated carbocycles. The van der Waals surface area contributed by atoms with Gasteiger partial charge in [-0.2, -0.15) is 0 Å². The lowest BCUT2D eigenvalue weighted by Gasteiger charge is -2.32. The zero-order valence-corrected chi connectivity index (χ0v) is 10.1. The maximum absolute atomic E-state index is 10.9. The number of morpholine rings is 1. The van der Waals surface area contributed by atoms with Gasteiger partial charge in [-0.15, -0.1) is 0 Å². The Morgan fingerprint density at radius 2 is 2.47 bits per heavy atom. The number of carboxylic acids is 1. The summed E-state index contributed by atoms with van der Waals surface area (Å²) >= 11 is 0. The normalized spacial score (nSPS) is 19.2. The molecule has 1 aromatic rings. The SMILES string of the molecule is O=C(O)CC1CN(c2ncccc2[N+](=O)[O-])CCO1. The lowest BCUT2D eigenvalue weighted by molar-refractivity contribution is -0.384. The van der Waals surface area contributed by atoms with Gasteiger partial charge in [-0.05, 0) is 6.07 Å². The van der Waals surface area contributed by atoms with Crippen molar-refractivity contribution in [3.05, 3.63) is 28.4 Å². The highest BCUT2D eigenvalue weighted by molar-refractivity contribution is 5.67. The molecule has 1 aliphatic heterocycles. The molecule has 1 N–H and O–H groups in total. The molecular weight excluding hydrogens is 254 g/mol. The zero-order valence-electron chi connectivity index (χ0n) is 10.1. The molecule has 0 bridgehead atoms. The van der Waals surface area contributed by atoms with Crippen LogP contribution < -0.4 is 4.90 Å². The van der Waals surface area contributed by atoms with E-state index in [-0.39, 0.29) is 24.5 Å². The Hall–Kier alpha value is -2.22. The topological polar surface area (TPSA) is 106 Å². The molecule has 1 aliphatic rings. The highest BCUT2D eigenvalue weighted by atomic mass is 16.6. The second-order valence-electron chi connectivity index (χ2n) is 4.14. The smallest absolute Gasteiger partial charge is 0.311 e. The van der Waals surface area contributed by atoms with Crippen molar-refractivity contribution in [2.24, 2.45) is 0 Å². The Balaban J connectivity index is 2.17. The Morgan fingerprint density at radius 1 is 1.68 bits per heavy atom. The van der Waals surface area contributed by atoms with E-state index in [0.29, 0.717) is 13.2 Å². The fraction of sp³-hybridized carbons (Fsp3) is 0.455. The monoisotopic (exact) mass is 267 g/mol. The highest BCUT2D eigenvalue weighted by Gasteiger charge is 2.27. The fourth-order valence-corrected chi connectivity index (χ4v) is 2.00. The van der Waals surface area contributed by atoms with Crippen LogP contribution in [-0.4, -0.2) is 46.8 Å². The van der Waals surface area contributed by atoms with Crippen molar-refractivity contribution in [2.45, 2.75) is 12.5 Å². The number of carbonyl (C=O) groups is 1. The Kier molecular flexibility index (Phi) is 3.91. The van der Waals surface area contributed by atoms with Gasteiger partial charge in [0, 0.05) is 25.4 Å². The van der Waals surface area contributed by atoms with E-state index in [1.807, 2.05) is 0 Å². The van der Waals surface area contributed by atoms with E-state index in [0.717, 1.165) is 0 Å². The number of ether oxygens (including phenoxy) is 1. The van der Waals surface area contributed by atoms with E-state index in [4.69, 9.17) is 9.84 Å². The minimum Gasteiger partial charge on any atom is -0.481 e. The van der Waals surface area contributed by atoms with Gasteiger partial charge < -0.3 is 14.7 Å². The molecule has 0 aromatic carbocycles. The predicted octanol–water partition coefficient (Wildman–Crippen LogP) is 0.670. The summed E-state index contributed by atoms with van der Waals surface area (Å²) in [5.74, 6) is -0.700. The van der Waals surface area contributed by atoms with Gasteiger partial charge in [-0.25, -0.2) is 4.98 Å². The second-order valence-corrected chi connectivity index (χ2v) is 4.14. The van der Waals surface area contributed by atoms with Crippen molar-refractivity contribution in [2.75, 3.05) is 24.6 Å². The highest BCUT2D eigenvalue weighted by Crippen LogP contribution is 2.26. The number of pyridine rings is 1.